The molecule has 0 unspecified atom stereocenters. The van der Waals surface area contributed by atoms with Gasteiger partial charge in [-0.25, -0.2) is 0 Å². The molecule has 1 amide bonds. The number of ether oxygens (including phenoxy) is 4. The van der Waals surface area contributed by atoms with Crippen molar-refractivity contribution in [3.63, 3.8) is 0 Å². The van der Waals surface area contributed by atoms with Gasteiger partial charge in [0.25, 0.3) is 5.91 Å². The number of anilines is 1. The Morgan fingerprint density at radius 2 is 2.07 bits per heavy atom. The number of rotatable bonds is 10. The topological polar surface area (TPSA) is 83.8 Å². The smallest absolute Gasteiger partial charge is 0.257 e. The first-order valence-corrected chi connectivity index (χ1v) is 9.19. The fraction of sp³-hybridized carbons (Fsp3) is 0.429. The molecule has 1 atom stereocenters. The second-order valence-electron chi connectivity index (χ2n) is 6.31. The van der Waals surface area contributed by atoms with E-state index in [0.29, 0.717) is 42.5 Å². The molecule has 1 aromatic heterocycles. The molecule has 0 saturated heterocycles. The van der Waals surface area contributed by atoms with E-state index in [4.69, 9.17) is 18.9 Å². The SMILES string of the molecule is COCCOCC#Cc1cc(O[C@@H](C)COC)cc(C(=O)Nc2ccn(C)n2)c1. The van der Waals surface area contributed by atoms with Crippen LogP contribution in [0.25, 0.3) is 0 Å². The molecule has 29 heavy (non-hydrogen) atoms. The standard InChI is InChI=1S/C21H27N3O5/c1-16(15-27-4)29-19-13-17(6-5-9-28-11-10-26-3)12-18(14-19)21(25)22-20-7-8-24(2)23-20/h7-8,12-14,16H,9-11,15H2,1-4H3,(H,22,23,25)/t16-/m0/s1. The van der Waals surface area contributed by atoms with Crippen molar-refractivity contribution in [2.75, 3.05) is 46.0 Å². The van der Waals surface area contributed by atoms with Crippen molar-refractivity contribution in [3.8, 4) is 17.6 Å². The number of benzene rings is 1. The monoisotopic (exact) mass is 401 g/mol. The van der Waals surface area contributed by atoms with Crippen LogP contribution in [-0.2, 0) is 21.3 Å². The van der Waals surface area contributed by atoms with Crippen molar-refractivity contribution in [1.29, 1.82) is 0 Å². The van der Waals surface area contributed by atoms with Gasteiger partial charge in [-0.05, 0) is 25.1 Å². The molecule has 1 heterocycles. The minimum Gasteiger partial charge on any atom is -0.488 e. The van der Waals surface area contributed by atoms with Crippen LogP contribution >= 0.6 is 0 Å². The summed E-state index contributed by atoms with van der Waals surface area (Å²) >= 11 is 0. The van der Waals surface area contributed by atoms with Gasteiger partial charge < -0.3 is 24.3 Å². The largest absolute Gasteiger partial charge is 0.488 e. The minimum absolute atomic E-state index is 0.174. The summed E-state index contributed by atoms with van der Waals surface area (Å²) in [5.74, 6) is 6.64. The number of aryl methyl sites for hydroxylation is 1. The summed E-state index contributed by atoms with van der Waals surface area (Å²) in [5, 5.41) is 6.93. The Balaban J connectivity index is 2.17. The van der Waals surface area contributed by atoms with Crippen LogP contribution in [0.5, 0.6) is 5.75 Å². The van der Waals surface area contributed by atoms with Crippen molar-refractivity contribution < 1.29 is 23.7 Å². The predicted octanol–water partition coefficient (Wildman–Crippen LogP) is 2.10. The van der Waals surface area contributed by atoms with Gasteiger partial charge in [-0.1, -0.05) is 11.8 Å². The molecule has 1 aromatic carbocycles. The highest BCUT2D eigenvalue weighted by molar-refractivity contribution is 6.04. The lowest BCUT2D eigenvalue weighted by atomic mass is 10.1. The highest BCUT2D eigenvalue weighted by atomic mass is 16.5. The van der Waals surface area contributed by atoms with Crippen molar-refractivity contribution >= 4 is 11.7 Å². The predicted molar refractivity (Wildman–Crippen MR) is 109 cm³/mol. The van der Waals surface area contributed by atoms with E-state index >= 15 is 0 Å². The number of carbonyl (C=O) groups excluding carboxylic acids is 1. The van der Waals surface area contributed by atoms with E-state index in [2.05, 4.69) is 22.3 Å². The van der Waals surface area contributed by atoms with Crippen molar-refractivity contribution in [2.24, 2.45) is 7.05 Å². The third-order valence-electron chi connectivity index (χ3n) is 3.70. The molecule has 0 aliphatic carbocycles. The number of amides is 1. The van der Waals surface area contributed by atoms with Crippen LogP contribution in [0.2, 0.25) is 0 Å². The summed E-state index contributed by atoms with van der Waals surface area (Å²) in [4.78, 5) is 12.7. The van der Waals surface area contributed by atoms with Gasteiger partial charge in [0.05, 0.1) is 19.8 Å². The lowest BCUT2D eigenvalue weighted by Crippen LogP contribution is -2.19. The number of aromatic nitrogens is 2. The zero-order chi connectivity index (χ0) is 21.1. The summed E-state index contributed by atoms with van der Waals surface area (Å²) in [6.07, 6.45) is 1.58. The molecule has 0 saturated carbocycles. The Bertz CT molecular complexity index is 853. The van der Waals surface area contributed by atoms with E-state index in [0.717, 1.165) is 0 Å². The van der Waals surface area contributed by atoms with Gasteiger partial charge >= 0.3 is 0 Å². The number of hydrogen-bond donors (Lipinski definition) is 1. The van der Waals surface area contributed by atoms with Crippen LogP contribution in [0.15, 0.2) is 30.5 Å². The van der Waals surface area contributed by atoms with E-state index in [-0.39, 0.29) is 18.6 Å². The molecule has 0 radical (unpaired) electrons. The Kier molecular flexibility index (Phi) is 9.18. The summed E-state index contributed by atoms with van der Waals surface area (Å²) in [5.41, 5.74) is 1.07. The molecule has 2 aromatic rings. The van der Waals surface area contributed by atoms with Crippen LogP contribution in [-0.4, -0.2) is 62.4 Å². The number of nitrogens with one attached hydrogen (secondary N) is 1. The van der Waals surface area contributed by atoms with E-state index in [9.17, 15) is 4.79 Å². The van der Waals surface area contributed by atoms with Gasteiger partial charge in [-0.3, -0.25) is 9.48 Å². The highest BCUT2D eigenvalue weighted by Gasteiger charge is 2.12. The Hall–Kier alpha value is -2.86. The molecule has 156 valence electrons. The summed E-state index contributed by atoms with van der Waals surface area (Å²) in [7, 11) is 5.00. The first-order chi connectivity index (χ1) is 14.0. The minimum atomic E-state index is -0.298. The second-order valence-corrected chi connectivity index (χ2v) is 6.31. The third-order valence-corrected chi connectivity index (χ3v) is 3.70. The average Bonchev–Trinajstić information content (AvgIpc) is 3.09. The third kappa shape index (κ3) is 7.95. The highest BCUT2D eigenvalue weighted by Crippen LogP contribution is 2.19. The van der Waals surface area contributed by atoms with Crippen molar-refractivity contribution in [1.82, 2.24) is 9.78 Å². The normalized spacial score (nSPS) is 11.4. The summed E-state index contributed by atoms with van der Waals surface area (Å²) in [6.45, 7) is 3.57. The van der Waals surface area contributed by atoms with Crippen LogP contribution in [0, 0.1) is 11.8 Å². The van der Waals surface area contributed by atoms with Gasteiger partial charge in [0, 0.05) is 44.7 Å². The first-order valence-electron chi connectivity index (χ1n) is 9.19. The molecule has 0 fully saturated rings. The maximum absolute atomic E-state index is 12.7. The van der Waals surface area contributed by atoms with Crippen molar-refractivity contribution in [3.05, 3.63) is 41.6 Å². The van der Waals surface area contributed by atoms with Gasteiger partial charge in [0.1, 0.15) is 18.5 Å². The van der Waals surface area contributed by atoms with E-state index < -0.39 is 0 Å². The van der Waals surface area contributed by atoms with Gasteiger partial charge in [0.2, 0.25) is 0 Å². The fourth-order valence-electron chi connectivity index (χ4n) is 2.45. The number of nitrogens with zero attached hydrogens (tertiary/aromatic N) is 2. The first kappa shape index (κ1) is 22.4. The molecule has 0 spiro atoms. The number of hydrogen-bond acceptors (Lipinski definition) is 6. The van der Waals surface area contributed by atoms with Gasteiger partial charge in [0.15, 0.2) is 5.82 Å². The summed E-state index contributed by atoms with van der Waals surface area (Å²) in [6, 6.07) is 6.88. The van der Waals surface area contributed by atoms with E-state index in [1.807, 2.05) is 6.92 Å². The van der Waals surface area contributed by atoms with Crippen LogP contribution in [0.1, 0.15) is 22.8 Å². The van der Waals surface area contributed by atoms with Crippen LogP contribution < -0.4 is 10.1 Å². The van der Waals surface area contributed by atoms with E-state index in [1.54, 1.807) is 56.4 Å². The van der Waals surface area contributed by atoms with Crippen LogP contribution in [0.4, 0.5) is 5.82 Å². The molecule has 0 aliphatic heterocycles. The maximum atomic E-state index is 12.7. The quantitative estimate of drug-likeness (QED) is 0.485. The number of methoxy groups -OCH3 is 2. The Morgan fingerprint density at radius 1 is 1.24 bits per heavy atom. The second kappa shape index (κ2) is 11.9. The molecule has 1 N–H and O–H groups in total. The molecule has 8 heteroatoms. The Labute approximate surface area is 171 Å². The fourth-order valence-corrected chi connectivity index (χ4v) is 2.45. The summed E-state index contributed by atoms with van der Waals surface area (Å²) < 4.78 is 22.8. The lowest BCUT2D eigenvalue weighted by Gasteiger charge is -2.15. The molecular formula is C21H27N3O5. The lowest BCUT2D eigenvalue weighted by molar-refractivity contribution is 0.0877. The molecule has 2 rings (SSSR count). The molecular weight excluding hydrogens is 374 g/mol. The van der Waals surface area contributed by atoms with Gasteiger partial charge in [-0.15, -0.1) is 0 Å². The van der Waals surface area contributed by atoms with E-state index in [1.165, 1.54) is 0 Å². The maximum Gasteiger partial charge on any atom is 0.257 e. The number of carbonyl (C=O) groups is 1. The van der Waals surface area contributed by atoms with Gasteiger partial charge in [-0.2, -0.15) is 5.10 Å². The van der Waals surface area contributed by atoms with Crippen LogP contribution in [0.3, 0.4) is 0 Å². The average molecular weight is 401 g/mol. The molecule has 0 bridgehead atoms. The Morgan fingerprint density at radius 3 is 2.76 bits per heavy atom. The molecule has 0 aliphatic rings. The molecule has 8 nitrogen and oxygen atoms in total. The zero-order valence-corrected chi connectivity index (χ0v) is 17.2. The zero-order valence-electron chi connectivity index (χ0n) is 17.2. The van der Waals surface area contributed by atoms with Crippen molar-refractivity contribution in [2.45, 2.75) is 13.0 Å².